The molecular weight excluding hydrogens is 212 g/mol. The molecule has 0 amide bonds. The van der Waals surface area contributed by atoms with Crippen LogP contribution in [-0.2, 0) is 4.74 Å². The summed E-state index contributed by atoms with van der Waals surface area (Å²) < 4.78 is 5.74. The highest BCUT2D eigenvalue weighted by Crippen LogP contribution is 2.21. The molecule has 2 rings (SSSR count). The zero-order valence-electron chi connectivity index (χ0n) is 11.6. The predicted molar refractivity (Wildman–Crippen MR) is 71.3 cm³/mol. The highest BCUT2D eigenvalue weighted by molar-refractivity contribution is 4.86. The van der Waals surface area contributed by atoms with Crippen LogP contribution in [0.25, 0.3) is 0 Å². The quantitative estimate of drug-likeness (QED) is 0.815. The van der Waals surface area contributed by atoms with E-state index >= 15 is 0 Å². The zero-order chi connectivity index (χ0) is 12.3. The van der Waals surface area contributed by atoms with E-state index in [9.17, 15) is 0 Å². The highest BCUT2D eigenvalue weighted by Gasteiger charge is 2.28. The van der Waals surface area contributed by atoms with Gasteiger partial charge in [-0.25, -0.2) is 0 Å². The van der Waals surface area contributed by atoms with Crippen LogP contribution >= 0.6 is 0 Å². The Morgan fingerprint density at radius 1 is 1.35 bits per heavy atom. The maximum atomic E-state index is 5.74. The van der Waals surface area contributed by atoms with Gasteiger partial charge in [0.2, 0.25) is 0 Å². The van der Waals surface area contributed by atoms with Crippen LogP contribution in [-0.4, -0.2) is 49.8 Å². The Labute approximate surface area is 106 Å². The zero-order valence-corrected chi connectivity index (χ0v) is 11.6. The van der Waals surface area contributed by atoms with Gasteiger partial charge in [-0.3, -0.25) is 0 Å². The largest absolute Gasteiger partial charge is 0.378 e. The maximum Gasteiger partial charge on any atom is 0.0587 e. The molecule has 2 aliphatic heterocycles. The molecule has 3 heteroatoms. The standard InChI is InChI=1S/C14H28N2O/c1-4-13-9-12(6-8-17-13)15-14-5-7-16(3)10-11(14)2/h11-15H,4-10H2,1-3H3. The number of nitrogens with zero attached hydrogens (tertiary/aromatic N) is 1. The Balaban J connectivity index is 1.79. The van der Waals surface area contributed by atoms with Crippen molar-refractivity contribution in [3.63, 3.8) is 0 Å². The summed E-state index contributed by atoms with van der Waals surface area (Å²) in [6.07, 6.45) is 5.33. The van der Waals surface area contributed by atoms with Gasteiger partial charge in [-0.15, -0.1) is 0 Å². The molecule has 17 heavy (non-hydrogen) atoms. The van der Waals surface area contributed by atoms with Gasteiger partial charge >= 0.3 is 0 Å². The molecule has 2 saturated heterocycles. The van der Waals surface area contributed by atoms with E-state index in [1.165, 1.54) is 32.4 Å². The summed E-state index contributed by atoms with van der Waals surface area (Å²) in [5.41, 5.74) is 0. The summed E-state index contributed by atoms with van der Waals surface area (Å²) in [6.45, 7) is 8.02. The van der Waals surface area contributed by atoms with Gasteiger partial charge in [0.25, 0.3) is 0 Å². The minimum Gasteiger partial charge on any atom is -0.378 e. The van der Waals surface area contributed by atoms with Crippen LogP contribution in [0.4, 0.5) is 0 Å². The van der Waals surface area contributed by atoms with Crippen molar-refractivity contribution in [3.8, 4) is 0 Å². The van der Waals surface area contributed by atoms with Gasteiger partial charge in [0.15, 0.2) is 0 Å². The molecule has 0 aliphatic carbocycles. The number of likely N-dealkylation sites (tertiary alicyclic amines) is 1. The first-order chi connectivity index (χ1) is 8.19. The van der Waals surface area contributed by atoms with Crippen LogP contribution in [0.1, 0.15) is 39.5 Å². The Morgan fingerprint density at radius 3 is 2.88 bits per heavy atom. The van der Waals surface area contributed by atoms with Crippen molar-refractivity contribution >= 4 is 0 Å². The first kappa shape index (κ1) is 13.3. The molecule has 0 aromatic carbocycles. The second-order valence-electron chi connectivity index (χ2n) is 5.92. The molecule has 3 nitrogen and oxygen atoms in total. The van der Waals surface area contributed by atoms with E-state index in [1.807, 2.05) is 0 Å². The predicted octanol–water partition coefficient (Wildman–Crippen LogP) is 1.87. The smallest absolute Gasteiger partial charge is 0.0587 e. The van der Waals surface area contributed by atoms with Crippen LogP contribution in [0.15, 0.2) is 0 Å². The van der Waals surface area contributed by atoms with Crippen molar-refractivity contribution in [1.29, 1.82) is 0 Å². The monoisotopic (exact) mass is 240 g/mol. The normalized spacial score (nSPS) is 40.4. The molecule has 2 heterocycles. The fraction of sp³-hybridized carbons (Fsp3) is 1.00. The van der Waals surface area contributed by atoms with E-state index < -0.39 is 0 Å². The van der Waals surface area contributed by atoms with Crippen LogP contribution in [0.5, 0.6) is 0 Å². The second-order valence-corrected chi connectivity index (χ2v) is 5.92. The average molecular weight is 240 g/mol. The van der Waals surface area contributed by atoms with Crippen LogP contribution in [0, 0.1) is 5.92 Å². The molecule has 100 valence electrons. The summed E-state index contributed by atoms with van der Waals surface area (Å²) in [6, 6.07) is 1.40. The summed E-state index contributed by atoms with van der Waals surface area (Å²) >= 11 is 0. The van der Waals surface area contributed by atoms with Crippen LogP contribution in [0.3, 0.4) is 0 Å². The summed E-state index contributed by atoms with van der Waals surface area (Å²) in [4.78, 5) is 2.45. The molecule has 0 aromatic rings. The summed E-state index contributed by atoms with van der Waals surface area (Å²) in [5.74, 6) is 0.775. The Morgan fingerprint density at radius 2 is 2.18 bits per heavy atom. The van der Waals surface area contributed by atoms with Gasteiger partial charge in [-0.2, -0.15) is 0 Å². The number of rotatable bonds is 3. The molecule has 0 spiro atoms. The molecule has 1 N–H and O–H groups in total. The molecule has 0 aromatic heterocycles. The van der Waals surface area contributed by atoms with E-state index in [0.29, 0.717) is 18.2 Å². The molecule has 4 unspecified atom stereocenters. The first-order valence-corrected chi connectivity index (χ1v) is 7.25. The van der Waals surface area contributed by atoms with Gasteiger partial charge in [-0.1, -0.05) is 13.8 Å². The Hall–Kier alpha value is -0.120. The van der Waals surface area contributed by atoms with Crippen LogP contribution < -0.4 is 5.32 Å². The van der Waals surface area contributed by atoms with Crippen molar-refractivity contribution in [2.75, 3.05) is 26.7 Å². The van der Waals surface area contributed by atoms with E-state index in [-0.39, 0.29) is 0 Å². The average Bonchev–Trinajstić information content (AvgIpc) is 2.33. The van der Waals surface area contributed by atoms with Crippen LogP contribution in [0.2, 0.25) is 0 Å². The molecular formula is C14H28N2O. The minimum atomic E-state index is 0.489. The van der Waals surface area contributed by atoms with E-state index in [0.717, 1.165) is 18.9 Å². The lowest BCUT2D eigenvalue weighted by Gasteiger charge is -2.39. The van der Waals surface area contributed by atoms with Gasteiger partial charge in [0, 0.05) is 25.2 Å². The fourth-order valence-corrected chi connectivity index (χ4v) is 3.22. The van der Waals surface area contributed by atoms with Crippen molar-refractivity contribution in [2.45, 2.75) is 57.7 Å². The van der Waals surface area contributed by atoms with E-state index in [1.54, 1.807) is 0 Å². The van der Waals surface area contributed by atoms with Gasteiger partial charge in [0.1, 0.15) is 0 Å². The molecule has 2 fully saturated rings. The Kier molecular flexibility index (Phi) is 4.83. The lowest BCUT2D eigenvalue weighted by Crippen LogP contribution is -2.52. The topological polar surface area (TPSA) is 24.5 Å². The second kappa shape index (κ2) is 6.17. The van der Waals surface area contributed by atoms with Crippen molar-refractivity contribution in [3.05, 3.63) is 0 Å². The third-order valence-electron chi connectivity index (χ3n) is 4.38. The third-order valence-corrected chi connectivity index (χ3v) is 4.38. The van der Waals surface area contributed by atoms with E-state index in [2.05, 4.69) is 31.1 Å². The number of hydrogen-bond donors (Lipinski definition) is 1. The lowest BCUT2D eigenvalue weighted by molar-refractivity contribution is -0.00514. The third kappa shape index (κ3) is 3.67. The number of nitrogens with one attached hydrogen (secondary N) is 1. The molecule has 0 bridgehead atoms. The molecule has 2 aliphatic rings. The summed E-state index contributed by atoms with van der Waals surface area (Å²) in [7, 11) is 2.23. The van der Waals surface area contributed by atoms with Gasteiger partial charge in [0.05, 0.1) is 6.10 Å². The molecule has 0 radical (unpaired) electrons. The number of hydrogen-bond acceptors (Lipinski definition) is 3. The van der Waals surface area contributed by atoms with Crippen molar-refractivity contribution in [1.82, 2.24) is 10.2 Å². The highest BCUT2D eigenvalue weighted by atomic mass is 16.5. The summed E-state index contributed by atoms with van der Waals surface area (Å²) in [5, 5.41) is 3.89. The maximum absolute atomic E-state index is 5.74. The number of piperidine rings is 1. The SMILES string of the molecule is CCC1CC(NC2CCN(C)CC2C)CCO1. The lowest BCUT2D eigenvalue weighted by atomic mass is 9.91. The van der Waals surface area contributed by atoms with Gasteiger partial charge in [-0.05, 0) is 45.2 Å². The molecule has 0 saturated carbocycles. The fourth-order valence-electron chi connectivity index (χ4n) is 3.22. The van der Waals surface area contributed by atoms with Gasteiger partial charge < -0.3 is 15.0 Å². The first-order valence-electron chi connectivity index (χ1n) is 7.25. The van der Waals surface area contributed by atoms with Crippen molar-refractivity contribution in [2.24, 2.45) is 5.92 Å². The minimum absolute atomic E-state index is 0.489. The van der Waals surface area contributed by atoms with E-state index in [4.69, 9.17) is 4.74 Å². The Bertz CT molecular complexity index is 234. The molecule has 4 atom stereocenters. The van der Waals surface area contributed by atoms with Crippen molar-refractivity contribution < 1.29 is 4.74 Å². The number of ether oxygens (including phenoxy) is 1.